The van der Waals surface area contributed by atoms with Gasteiger partial charge in [0, 0.05) is 6.07 Å². The first-order valence-corrected chi connectivity index (χ1v) is 12.4. The number of anilines is 1. The number of hydrogen-bond donors (Lipinski definition) is 1. The monoisotopic (exact) mass is 482 g/mol. The molecular formula is C26H30N2O5S. The van der Waals surface area contributed by atoms with Crippen LogP contribution in [0.1, 0.15) is 30.5 Å². The Bertz CT molecular complexity index is 1210. The van der Waals surface area contributed by atoms with Crippen molar-refractivity contribution in [2.24, 2.45) is 0 Å². The van der Waals surface area contributed by atoms with Gasteiger partial charge in [0.15, 0.2) is 11.5 Å². The first-order valence-electron chi connectivity index (χ1n) is 11.0. The van der Waals surface area contributed by atoms with E-state index < -0.39 is 22.5 Å². The average Bonchev–Trinajstić information content (AvgIpc) is 2.86. The number of nitrogens with one attached hydrogen (secondary N) is 1. The maximum absolute atomic E-state index is 13.6. The van der Waals surface area contributed by atoms with E-state index in [1.807, 2.05) is 44.2 Å². The molecule has 3 aromatic carbocycles. The molecule has 7 nitrogen and oxygen atoms in total. The van der Waals surface area contributed by atoms with Crippen LogP contribution in [0.25, 0.3) is 0 Å². The van der Waals surface area contributed by atoms with Gasteiger partial charge in [-0.3, -0.25) is 9.10 Å². The van der Waals surface area contributed by atoms with E-state index in [9.17, 15) is 13.2 Å². The molecule has 3 rings (SSSR count). The van der Waals surface area contributed by atoms with Gasteiger partial charge in [0.1, 0.15) is 6.54 Å². The van der Waals surface area contributed by atoms with Crippen molar-refractivity contribution >= 4 is 21.6 Å². The highest BCUT2D eigenvalue weighted by atomic mass is 32.2. The third-order valence-corrected chi connectivity index (χ3v) is 7.28. The highest BCUT2D eigenvalue weighted by molar-refractivity contribution is 7.92. The first kappa shape index (κ1) is 25.1. The number of ether oxygens (including phenoxy) is 2. The Morgan fingerprint density at radius 2 is 1.59 bits per heavy atom. The van der Waals surface area contributed by atoms with Crippen molar-refractivity contribution in [2.45, 2.75) is 31.2 Å². The van der Waals surface area contributed by atoms with E-state index in [-0.39, 0.29) is 10.9 Å². The number of amides is 1. The summed E-state index contributed by atoms with van der Waals surface area (Å²) >= 11 is 0. The molecule has 0 bridgehead atoms. The molecule has 3 aromatic rings. The number of aryl methyl sites for hydroxylation is 1. The third kappa shape index (κ3) is 5.69. The van der Waals surface area contributed by atoms with Crippen LogP contribution >= 0.6 is 0 Å². The molecule has 34 heavy (non-hydrogen) atoms. The molecule has 0 radical (unpaired) electrons. The molecule has 0 unspecified atom stereocenters. The number of sulfonamides is 1. The molecule has 0 aromatic heterocycles. The van der Waals surface area contributed by atoms with Gasteiger partial charge in [-0.15, -0.1) is 0 Å². The van der Waals surface area contributed by atoms with E-state index in [4.69, 9.17) is 9.47 Å². The first-order chi connectivity index (χ1) is 16.3. The minimum Gasteiger partial charge on any atom is -0.493 e. The van der Waals surface area contributed by atoms with Crippen LogP contribution in [-0.2, 0) is 14.8 Å². The SMILES string of the molecule is CC[C@@H](NC(=O)CN(c1ccc(OC)c(OC)c1)S(=O)(=O)c1ccc(C)cc1)c1ccccc1. The molecule has 0 aliphatic heterocycles. The van der Waals surface area contributed by atoms with E-state index in [1.165, 1.54) is 26.4 Å². The second-order valence-corrected chi connectivity index (χ2v) is 9.67. The van der Waals surface area contributed by atoms with Gasteiger partial charge in [0.05, 0.1) is 30.8 Å². The Morgan fingerprint density at radius 1 is 0.941 bits per heavy atom. The lowest BCUT2D eigenvalue weighted by molar-refractivity contribution is -0.120. The molecule has 0 spiro atoms. The normalized spacial score (nSPS) is 12.0. The summed E-state index contributed by atoms with van der Waals surface area (Å²) < 4.78 is 39.0. The maximum Gasteiger partial charge on any atom is 0.264 e. The van der Waals surface area contributed by atoms with Crippen molar-refractivity contribution in [1.29, 1.82) is 0 Å². The van der Waals surface area contributed by atoms with Crippen LogP contribution in [-0.4, -0.2) is 35.1 Å². The highest BCUT2D eigenvalue weighted by Crippen LogP contribution is 2.34. The van der Waals surface area contributed by atoms with Crippen molar-refractivity contribution in [3.63, 3.8) is 0 Å². The summed E-state index contributed by atoms with van der Waals surface area (Å²) in [5.74, 6) is 0.403. The van der Waals surface area contributed by atoms with Crippen LogP contribution in [0, 0.1) is 6.92 Å². The topological polar surface area (TPSA) is 84.9 Å². The van der Waals surface area contributed by atoms with Crippen LogP contribution in [0.15, 0.2) is 77.7 Å². The second-order valence-electron chi connectivity index (χ2n) is 7.80. The number of hydrogen-bond acceptors (Lipinski definition) is 5. The molecule has 1 N–H and O–H groups in total. The van der Waals surface area contributed by atoms with Gasteiger partial charge >= 0.3 is 0 Å². The fourth-order valence-electron chi connectivity index (χ4n) is 3.61. The molecule has 0 saturated carbocycles. The number of carbonyl (C=O) groups is 1. The fourth-order valence-corrected chi connectivity index (χ4v) is 5.02. The summed E-state index contributed by atoms with van der Waals surface area (Å²) in [6, 6.07) is 20.6. The van der Waals surface area contributed by atoms with Crippen molar-refractivity contribution in [3.05, 3.63) is 83.9 Å². The number of nitrogens with zero attached hydrogens (tertiary/aromatic N) is 1. The molecule has 1 amide bonds. The minimum absolute atomic E-state index is 0.0933. The van der Waals surface area contributed by atoms with Gasteiger partial charge in [-0.05, 0) is 43.2 Å². The number of rotatable bonds is 10. The number of carbonyl (C=O) groups excluding carboxylic acids is 1. The fraction of sp³-hybridized carbons (Fsp3) is 0.269. The Morgan fingerprint density at radius 3 is 2.18 bits per heavy atom. The van der Waals surface area contributed by atoms with E-state index in [0.717, 1.165) is 15.4 Å². The molecule has 0 heterocycles. The van der Waals surface area contributed by atoms with Gasteiger partial charge in [-0.1, -0.05) is 55.0 Å². The summed E-state index contributed by atoms with van der Waals surface area (Å²) in [6.45, 7) is 3.45. The van der Waals surface area contributed by atoms with Gasteiger partial charge in [-0.2, -0.15) is 0 Å². The molecule has 0 aliphatic rings. The van der Waals surface area contributed by atoms with Crippen LogP contribution in [0.3, 0.4) is 0 Å². The summed E-state index contributed by atoms with van der Waals surface area (Å²) in [7, 11) is -1.07. The quantitative estimate of drug-likeness (QED) is 0.461. The average molecular weight is 483 g/mol. The lowest BCUT2D eigenvalue weighted by Gasteiger charge is -2.26. The standard InChI is InChI=1S/C26H30N2O5S/c1-5-23(20-9-7-6-8-10-20)27-26(29)18-28(21-13-16-24(32-3)25(17-21)33-4)34(30,31)22-14-11-19(2)12-15-22/h6-17,23H,5,18H2,1-4H3,(H,27,29)/t23-/m1/s1. The van der Waals surface area contributed by atoms with Gasteiger partial charge < -0.3 is 14.8 Å². The van der Waals surface area contributed by atoms with Gasteiger partial charge in [0.25, 0.3) is 10.0 Å². The zero-order valence-corrected chi connectivity index (χ0v) is 20.6. The number of methoxy groups -OCH3 is 2. The van der Waals surface area contributed by atoms with Crippen LogP contribution in [0.5, 0.6) is 11.5 Å². The smallest absolute Gasteiger partial charge is 0.264 e. The predicted molar refractivity (Wildman–Crippen MR) is 133 cm³/mol. The molecule has 0 saturated heterocycles. The summed E-state index contributed by atoms with van der Waals surface area (Å²) in [4.78, 5) is 13.2. The van der Waals surface area contributed by atoms with Crippen LogP contribution in [0.2, 0.25) is 0 Å². The van der Waals surface area contributed by atoms with Gasteiger partial charge in [-0.25, -0.2) is 8.42 Å². The Labute approximate surface area is 201 Å². The summed E-state index contributed by atoms with van der Waals surface area (Å²) in [6.07, 6.45) is 0.664. The van der Waals surface area contributed by atoms with Crippen molar-refractivity contribution in [2.75, 3.05) is 25.1 Å². The number of benzene rings is 3. The lowest BCUT2D eigenvalue weighted by atomic mass is 10.0. The zero-order valence-electron chi connectivity index (χ0n) is 19.8. The summed E-state index contributed by atoms with van der Waals surface area (Å²) in [5.41, 5.74) is 2.18. The Kier molecular flexibility index (Phi) is 8.17. The largest absolute Gasteiger partial charge is 0.493 e. The minimum atomic E-state index is -4.04. The second kappa shape index (κ2) is 11.1. The maximum atomic E-state index is 13.6. The van der Waals surface area contributed by atoms with Crippen LogP contribution < -0.4 is 19.1 Å². The summed E-state index contributed by atoms with van der Waals surface area (Å²) in [5, 5.41) is 2.97. The molecule has 8 heteroatoms. The third-order valence-electron chi connectivity index (χ3n) is 5.50. The lowest BCUT2D eigenvalue weighted by Crippen LogP contribution is -2.42. The van der Waals surface area contributed by atoms with E-state index >= 15 is 0 Å². The Balaban J connectivity index is 1.98. The van der Waals surface area contributed by atoms with E-state index in [1.54, 1.807) is 30.3 Å². The van der Waals surface area contributed by atoms with E-state index in [2.05, 4.69) is 5.32 Å². The predicted octanol–water partition coefficient (Wildman–Crippen LogP) is 4.48. The van der Waals surface area contributed by atoms with Gasteiger partial charge in [0.2, 0.25) is 5.91 Å². The van der Waals surface area contributed by atoms with Crippen molar-refractivity contribution in [1.82, 2.24) is 5.32 Å². The van der Waals surface area contributed by atoms with Crippen LogP contribution in [0.4, 0.5) is 5.69 Å². The highest BCUT2D eigenvalue weighted by Gasteiger charge is 2.29. The molecule has 1 atom stereocenters. The van der Waals surface area contributed by atoms with Crippen molar-refractivity contribution in [3.8, 4) is 11.5 Å². The molecule has 0 fully saturated rings. The van der Waals surface area contributed by atoms with E-state index in [0.29, 0.717) is 23.6 Å². The molecule has 0 aliphatic carbocycles. The Hall–Kier alpha value is -3.52. The molecule has 180 valence electrons. The van der Waals surface area contributed by atoms with Crippen molar-refractivity contribution < 1.29 is 22.7 Å². The zero-order chi connectivity index (χ0) is 24.7. The molecular weight excluding hydrogens is 452 g/mol.